The second-order valence-electron chi connectivity index (χ2n) is 10.9. The number of ether oxygens (including phenoxy) is 1. The van der Waals surface area contributed by atoms with Crippen molar-refractivity contribution in [3.05, 3.63) is 59.7 Å². The minimum Gasteiger partial charge on any atom is -0.491 e. The summed E-state index contributed by atoms with van der Waals surface area (Å²) in [6.45, 7) is 0.637. The molecule has 0 saturated heterocycles. The van der Waals surface area contributed by atoms with E-state index in [0.717, 1.165) is 0 Å². The van der Waals surface area contributed by atoms with Gasteiger partial charge in [-0.25, -0.2) is 4.79 Å². The molecule has 2 aromatic carbocycles. The van der Waals surface area contributed by atoms with Crippen molar-refractivity contribution in [3.8, 4) is 40.0 Å². The highest BCUT2D eigenvalue weighted by Gasteiger charge is 2.43. The Kier molecular flexibility index (Phi) is 12.0. The van der Waals surface area contributed by atoms with Crippen LogP contribution in [0.5, 0.6) is 5.75 Å². The molecule has 4 N–H and O–H groups in total. The van der Waals surface area contributed by atoms with Crippen molar-refractivity contribution in [1.82, 2.24) is 20.2 Å². The maximum atomic E-state index is 14.1. The Morgan fingerprint density at radius 3 is 2.00 bits per heavy atom. The fourth-order valence-electron chi connectivity index (χ4n) is 5.06. The summed E-state index contributed by atoms with van der Waals surface area (Å²) in [4.78, 5) is 36.8. The Hall–Kier alpha value is -5.50. The first-order valence-corrected chi connectivity index (χ1v) is 14.9. The zero-order chi connectivity index (χ0) is 37.5. The van der Waals surface area contributed by atoms with Crippen LogP contribution >= 0.6 is 0 Å². The van der Waals surface area contributed by atoms with Crippen LogP contribution in [0.15, 0.2) is 57.6 Å². The molecular weight excluding hydrogens is 702 g/mol. The maximum Gasteiger partial charge on any atom is 0.490 e. The van der Waals surface area contributed by atoms with Crippen LogP contribution < -0.4 is 4.74 Å². The van der Waals surface area contributed by atoms with Crippen molar-refractivity contribution in [3.63, 3.8) is 0 Å². The highest BCUT2D eigenvalue weighted by molar-refractivity contribution is 5.73. The number of benzene rings is 2. The number of hydrogen-bond donors (Lipinski definition) is 4. The fourth-order valence-corrected chi connectivity index (χ4v) is 5.06. The maximum absolute atomic E-state index is 14.1. The molecular formula is C31H28F6N4O10. The van der Waals surface area contributed by atoms with Crippen molar-refractivity contribution in [1.29, 1.82) is 0 Å². The molecule has 0 aliphatic carbocycles. The van der Waals surface area contributed by atoms with Gasteiger partial charge in [0, 0.05) is 29.5 Å². The zero-order valence-corrected chi connectivity index (χ0v) is 26.0. The molecule has 51 heavy (non-hydrogen) atoms. The number of carbonyl (C=O) groups is 3. The molecule has 274 valence electrons. The molecule has 20 heteroatoms. The second-order valence-corrected chi connectivity index (χ2v) is 10.9. The van der Waals surface area contributed by atoms with E-state index in [0.29, 0.717) is 37.1 Å². The third-order valence-corrected chi connectivity index (χ3v) is 7.39. The molecule has 4 aromatic rings. The molecule has 0 bridgehead atoms. The number of aliphatic carboxylic acids is 3. The largest absolute Gasteiger partial charge is 0.491 e. The third kappa shape index (κ3) is 9.81. The van der Waals surface area contributed by atoms with E-state index in [1.807, 2.05) is 4.90 Å². The van der Waals surface area contributed by atoms with Gasteiger partial charge in [-0.15, -0.1) is 0 Å². The molecule has 1 aliphatic heterocycles. The Morgan fingerprint density at radius 1 is 0.843 bits per heavy atom. The Labute approximate surface area is 282 Å². The summed E-state index contributed by atoms with van der Waals surface area (Å²) in [5.74, 6) is -5.71. The Morgan fingerprint density at radius 2 is 1.45 bits per heavy atom. The lowest BCUT2D eigenvalue weighted by Crippen LogP contribution is -2.47. The quantitative estimate of drug-likeness (QED) is 0.132. The topological polar surface area (TPSA) is 210 Å². The number of aromatic nitrogens is 3. The van der Waals surface area contributed by atoms with E-state index in [4.69, 9.17) is 33.9 Å². The number of rotatable bonds is 12. The number of aliphatic hydroxyl groups excluding tert-OH is 1. The summed E-state index contributed by atoms with van der Waals surface area (Å²) in [5.41, 5.74) is -0.630. The standard InChI is InChI=1S/C29H27F3N4O8.C2HF3O2/c30-29(31,32)23-24(16-6-2-1-3-7-16)34-43-26(23)28-33-27(35-44-28)17-10-11-18-20(14-17)42-15-19(25(18)41)36(12-4-8-21(37)38)13-5-9-22(39)40;3-2(4,5)1(6)7/h1-3,6-7,10-11,14,19,25,41H,4-5,8-9,12-13,15H2,(H,37,38)(H,39,40);(H,6,7)/t19-,25+;/m1./s1. The number of carboxylic acids is 3. The SMILES string of the molecule is O=C(O)C(F)(F)F.O=C(O)CCCN(CCCC(=O)O)[C@@H]1COc2cc(-c3noc(-c4onc(-c5ccccc5)c4C(F)(F)F)n3)ccc2[C@@H]1O. The predicted octanol–water partition coefficient (Wildman–Crippen LogP) is 5.54. The van der Waals surface area contributed by atoms with Gasteiger partial charge in [0.15, 0.2) is 0 Å². The number of halogens is 6. The van der Waals surface area contributed by atoms with Gasteiger partial charge in [-0.2, -0.15) is 31.3 Å². The van der Waals surface area contributed by atoms with Gasteiger partial charge in [0.25, 0.3) is 5.89 Å². The average Bonchev–Trinajstić information content (AvgIpc) is 3.73. The number of aliphatic hydroxyl groups is 1. The molecule has 3 heterocycles. The lowest BCUT2D eigenvalue weighted by atomic mass is 9.96. The van der Waals surface area contributed by atoms with Crippen LogP contribution in [0.2, 0.25) is 0 Å². The summed E-state index contributed by atoms with van der Waals surface area (Å²) < 4.78 is 90.1. The second kappa shape index (κ2) is 16.0. The average molecular weight is 731 g/mol. The zero-order valence-electron chi connectivity index (χ0n) is 26.0. The summed E-state index contributed by atoms with van der Waals surface area (Å²) in [6.07, 6.45) is -10.5. The van der Waals surface area contributed by atoms with Crippen molar-refractivity contribution < 1.29 is 74.9 Å². The van der Waals surface area contributed by atoms with Gasteiger partial charge in [0.2, 0.25) is 11.6 Å². The van der Waals surface area contributed by atoms with Crippen LogP contribution in [0.25, 0.3) is 34.3 Å². The van der Waals surface area contributed by atoms with Crippen LogP contribution in [0.4, 0.5) is 26.3 Å². The summed E-state index contributed by atoms with van der Waals surface area (Å²) in [5, 5.41) is 43.8. The third-order valence-electron chi connectivity index (χ3n) is 7.39. The van der Waals surface area contributed by atoms with Gasteiger partial charge in [0.1, 0.15) is 29.7 Å². The van der Waals surface area contributed by atoms with E-state index >= 15 is 0 Å². The molecule has 5 rings (SSSR count). The van der Waals surface area contributed by atoms with Crippen LogP contribution in [0.3, 0.4) is 0 Å². The molecule has 0 unspecified atom stereocenters. The van der Waals surface area contributed by atoms with E-state index < -0.39 is 65.3 Å². The van der Waals surface area contributed by atoms with Gasteiger partial charge in [0.05, 0.1) is 6.04 Å². The van der Waals surface area contributed by atoms with E-state index in [9.17, 15) is 41.0 Å². The van der Waals surface area contributed by atoms with Crippen molar-refractivity contribution in [2.24, 2.45) is 0 Å². The lowest BCUT2D eigenvalue weighted by Gasteiger charge is -2.38. The van der Waals surface area contributed by atoms with Crippen LogP contribution in [-0.4, -0.2) is 90.4 Å². The molecule has 0 spiro atoms. The molecule has 0 amide bonds. The normalized spacial score (nSPS) is 15.8. The van der Waals surface area contributed by atoms with Crippen LogP contribution in [0.1, 0.15) is 42.9 Å². The Balaban J connectivity index is 0.000000755. The summed E-state index contributed by atoms with van der Waals surface area (Å²) in [7, 11) is 0. The highest BCUT2D eigenvalue weighted by atomic mass is 19.4. The minimum atomic E-state index is -5.08. The first-order valence-electron chi connectivity index (χ1n) is 14.9. The van der Waals surface area contributed by atoms with Gasteiger partial charge < -0.3 is 34.2 Å². The first kappa shape index (κ1) is 38.3. The molecule has 2 aromatic heterocycles. The first-order chi connectivity index (χ1) is 24.0. The van der Waals surface area contributed by atoms with Crippen LogP contribution in [0, 0.1) is 0 Å². The number of carboxylic acid groups (broad SMARTS) is 3. The number of nitrogens with zero attached hydrogens (tertiary/aromatic N) is 4. The molecule has 0 fully saturated rings. The van der Waals surface area contributed by atoms with Crippen LogP contribution in [-0.2, 0) is 20.6 Å². The number of fused-ring (bicyclic) bond motifs is 1. The van der Waals surface area contributed by atoms with Crippen molar-refractivity contribution in [2.75, 3.05) is 19.7 Å². The molecule has 0 radical (unpaired) electrons. The lowest BCUT2D eigenvalue weighted by molar-refractivity contribution is -0.192. The minimum absolute atomic E-state index is 0.0184. The van der Waals surface area contributed by atoms with Gasteiger partial charge >= 0.3 is 30.3 Å². The number of hydrogen-bond acceptors (Lipinski definition) is 11. The van der Waals surface area contributed by atoms with Crippen molar-refractivity contribution >= 4 is 17.9 Å². The fraction of sp³-hybridized carbons (Fsp3) is 0.355. The van der Waals surface area contributed by atoms with Gasteiger partial charge in [-0.3, -0.25) is 14.5 Å². The number of alkyl halides is 6. The summed E-state index contributed by atoms with van der Waals surface area (Å²) >= 11 is 0. The molecule has 0 saturated carbocycles. The van der Waals surface area contributed by atoms with E-state index in [-0.39, 0.29) is 36.6 Å². The van der Waals surface area contributed by atoms with Gasteiger partial charge in [-0.1, -0.05) is 52.8 Å². The molecule has 1 aliphatic rings. The van der Waals surface area contributed by atoms with E-state index in [1.54, 1.807) is 30.3 Å². The smallest absolute Gasteiger partial charge is 0.490 e. The Bertz CT molecular complexity index is 1810. The highest BCUT2D eigenvalue weighted by Crippen LogP contribution is 2.43. The van der Waals surface area contributed by atoms with E-state index in [2.05, 4.69) is 15.3 Å². The van der Waals surface area contributed by atoms with E-state index in [1.165, 1.54) is 18.2 Å². The summed E-state index contributed by atoms with van der Waals surface area (Å²) in [6, 6.07) is 11.8. The monoisotopic (exact) mass is 730 g/mol. The molecule has 2 atom stereocenters. The van der Waals surface area contributed by atoms with Gasteiger partial charge in [-0.05, 0) is 32.0 Å². The van der Waals surface area contributed by atoms with Crippen molar-refractivity contribution in [2.45, 2.75) is 50.2 Å². The predicted molar refractivity (Wildman–Crippen MR) is 159 cm³/mol. The molecule has 14 nitrogen and oxygen atoms in total.